The van der Waals surface area contributed by atoms with Crippen molar-refractivity contribution in [2.45, 2.75) is 13.5 Å². The van der Waals surface area contributed by atoms with Crippen LogP contribution in [0.2, 0.25) is 0 Å². The Kier molecular flexibility index (Phi) is 3.73. The summed E-state index contributed by atoms with van der Waals surface area (Å²) in [4.78, 5) is 4.69. The first kappa shape index (κ1) is 14.4. The molecule has 5 nitrogen and oxygen atoms in total. The highest BCUT2D eigenvalue weighted by Crippen LogP contribution is 2.35. The van der Waals surface area contributed by atoms with Gasteiger partial charge in [0.2, 0.25) is 0 Å². The van der Waals surface area contributed by atoms with Crippen LogP contribution in [0.4, 0.5) is 0 Å². The van der Waals surface area contributed by atoms with E-state index in [1.54, 1.807) is 14.2 Å². The van der Waals surface area contributed by atoms with E-state index in [-0.39, 0.29) is 6.61 Å². The Balaban J connectivity index is 2.23. The van der Waals surface area contributed by atoms with Gasteiger partial charge >= 0.3 is 0 Å². The van der Waals surface area contributed by atoms with Crippen molar-refractivity contribution in [1.82, 2.24) is 9.38 Å². The fraction of sp³-hybridized carbons (Fsp3) is 0.235. The molecule has 0 aliphatic carbocycles. The van der Waals surface area contributed by atoms with E-state index in [1.165, 1.54) is 0 Å². The van der Waals surface area contributed by atoms with Crippen molar-refractivity contribution in [1.29, 1.82) is 0 Å². The highest BCUT2D eigenvalue weighted by molar-refractivity contribution is 5.73. The second-order valence-corrected chi connectivity index (χ2v) is 5.03. The fourth-order valence-electron chi connectivity index (χ4n) is 2.56. The maximum absolute atomic E-state index is 9.27. The fourth-order valence-corrected chi connectivity index (χ4v) is 2.56. The van der Waals surface area contributed by atoms with E-state index in [1.807, 2.05) is 47.9 Å². The Morgan fingerprint density at radius 1 is 1.14 bits per heavy atom. The van der Waals surface area contributed by atoms with Gasteiger partial charge in [-0.2, -0.15) is 0 Å². The van der Waals surface area contributed by atoms with Crippen molar-refractivity contribution in [2.24, 2.45) is 0 Å². The quantitative estimate of drug-likeness (QED) is 0.804. The van der Waals surface area contributed by atoms with Crippen molar-refractivity contribution in [2.75, 3.05) is 14.2 Å². The number of imidazole rings is 1. The zero-order chi connectivity index (χ0) is 15.7. The second kappa shape index (κ2) is 5.69. The van der Waals surface area contributed by atoms with Crippen molar-refractivity contribution in [3.63, 3.8) is 0 Å². The van der Waals surface area contributed by atoms with Crippen molar-refractivity contribution in [3.05, 3.63) is 47.8 Å². The Labute approximate surface area is 128 Å². The van der Waals surface area contributed by atoms with Gasteiger partial charge < -0.3 is 19.0 Å². The minimum Gasteiger partial charge on any atom is -0.497 e. The Morgan fingerprint density at radius 2 is 1.95 bits per heavy atom. The molecule has 0 atom stereocenters. The van der Waals surface area contributed by atoms with Crippen LogP contribution in [0.15, 0.2) is 36.5 Å². The number of methoxy groups -OCH3 is 2. The van der Waals surface area contributed by atoms with Gasteiger partial charge in [-0.3, -0.25) is 0 Å². The molecule has 3 rings (SSSR count). The van der Waals surface area contributed by atoms with Gasteiger partial charge in [-0.1, -0.05) is 0 Å². The molecule has 114 valence electrons. The first-order valence-electron chi connectivity index (χ1n) is 6.98. The number of benzene rings is 1. The molecule has 5 heteroatoms. The number of ether oxygens (including phenoxy) is 2. The first-order chi connectivity index (χ1) is 10.7. The summed E-state index contributed by atoms with van der Waals surface area (Å²) in [6, 6.07) is 9.41. The number of rotatable bonds is 4. The average Bonchev–Trinajstić information content (AvgIpc) is 2.90. The molecule has 0 saturated carbocycles. The Hall–Kier alpha value is -2.53. The third-order valence-electron chi connectivity index (χ3n) is 3.77. The third-order valence-corrected chi connectivity index (χ3v) is 3.77. The Morgan fingerprint density at radius 3 is 2.64 bits per heavy atom. The minimum absolute atomic E-state index is 0.000220. The smallest absolute Gasteiger partial charge is 0.138 e. The standard InChI is InChI=1S/C17H18N2O3/c1-11-17(14-9-13(21-2)4-5-15(14)22-3)18-16-8-12(10-20)6-7-19(11)16/h4-9,20H,10H2,1-3H3. The number of nitrogens with zero attached hydrogens (tertiary/aromatic N) is 2. The third kappa shape index (κ3) is 2.29. The summed E-state index contributed by atoms with van der Waals surface area (Å²) < 4.78 is 12.7. The molecule has 0 bridgehead atoms. The lowest BCUT2D eigenvalue weighted by Gasteiger charge is -2.09. The van der Waals surface area contributed by atoms with Gasteiger partial charge in [0.1, 0.15) is 17.1 Å². The number of aryl methyl sites for hydroxylation is 1. The number of fused-ring (bicyclic) bond motifs is 1. The van der Waals surface area contributed by atoms with Gasteiger partial charge in [-0.15, -0.1) is 0 Å². The van der Waals surface area contributed by atoms with E-state index in [9.17, 15) is 5.11 Å². The molecule has 3 aromatic rings. The summed E-state index contributed by atoms with van der Waals surface area (Å²) in [6.45, 7) is 2.01. The predicted molar refractivity (Wildman–Crippen MR) is 84.4 cm³/mol. The molecule has 0 aliphatic rings. The molecule has 2 heterocycles. The number of hydrogen-bond acceptors (Lipinski definition) is 4. The van der Waals surface area contributed by atoms with E-state index >= 15 is 0 Å². The topological polar surface area (TPSA) is 56.0 Å². The van der Waals surface area contributed by atoms with Gasteiger partial charge in [0.15, 0.2) is 0 Å². The summed E-state index contributed by atoms with van der Waals surface area (Å²) in [5, 5.41) is 9.27. The molecule has 0 spiro atoms. The summed E-state index contributed by atoms with van der Waals surface area (Å²) >= 11 is 0. The predicted octanol–water partition coefficient (Wildman–Crippen LogP) is 2.82. The number of hydrogen-bond donors (Lipinski definition) is 1. The molecule has 0 amide bonds. The van der Waals surface area contributed by atoms with Gasteiger partial charge in [0, 0.05) is 17.5 Å². The summed E-state index contributed by atoms with van der Waals surface area (Å²) in [6.07, 6.45) is 1.92. The van der Waals surface area contributed by atoms with E-state index in [0.717, 1.165) is 39.7 Å². The molecule has 22 heavy (non-hydrogen) atoms. The lowest BCUT2D eigenvalue weighted by molar-refractivity contribution is 0.282. The molecule has 1 N–H and O–H groups in total. The highest BCUT2D eigenvalue weighted by atomic mass is 16.5. The molecule has 1 aromatic carbocycles. The monoisotopic (exact) mass is 298 g/mol. The van der Waals surface area contributed by atoms with Crippen LogP contribution in [-0.2, 0) is 6.61 Å². The largest absolute Gasteiger partial charge is 0.497 e. The van der Waals surface area contributed by atoms with E-state index in [2.05, 4.69) is 0 Å². The zero-order valence-electron chi connectivity index (χ0n) is 12.8. The average molecular weight is 298 g/mol. The SMILES string of the molecule is COc1ccc(OC)c(-c2nc3cc(CO)ccn3c2C)c1. The molecule has 0 fully saturated rings. The van der Waals surface area contributed by atoms with Crippen molar-refractivity contribution in [3.8, 4) is 22.8 Å². The normalized spacial score (nSPS) is 10.9. The highest BCUT2D eigenvalue weighted by Gasteiger charge is 2.15. The summed E-state index contributed by atoms with van der Waals surface area (Å²) in [7, 11) is 3.27. The van der Waals surface area contributed by atoms with Crippen molar-refractivity contribution < 1.29 is 14.6 Å². The molecule has 0 unspecified atom stereocenters. The van der Waals surface area contributed by atoms with Crippen LogP contribution in [0.3, 0.4) is 0 Å². The Bertz CT molecular complexity index is 824. The number of pyridine rings is 1. The lowest BCUT2D eigenvalue weighted by Crippen LogP contribution is -1.92. The van der Waals surface area contributed by atoms with E-state index in [0.29, 0.717) is 0 Å². The van der Waals surface area contributed by atoms with Gasteiger partial charge in [0.05, 0.1) is 26.5 Å². The lowest BCUT2D eigenvalue weighted by atomic mass is 10.1. The number of aromatic nitrogens is 2. The molecule has 0 aliphatic heterocycles. The molecular formula is C17H18N2O3. The maximum Gasteiger partial charge on any atom is 0.138 e. The van der Waals surface area contributed by atoms with Crippen LogP contribution in [0.1, 0.15) is 11.3 Å². The van der Waals surface area contributed by atoms with Gasteiger partial charge in [-0.25, -0.2) is 4.98 Å². The van der Waals surface area contributed by atoms with Gasteiger partial charge in [0.25, 0.3) is 0 Å². The van der Waals surface area contributed by atoms with Crippen LogP contribution in [-0.4, -0.2) is 28.7 Å². The molecule has 0 radical (unpaired) electrons. The zero-order valence-corrected chi connectivity index (χ0v) is 12.8. The number of aliphatic hydroxyl groups excluding tert-OH is 1. The van der Waals surface area contributed by atoms with Gasteiger partial charge in [-0.05, 0) is 42.8 Å². The summed E-state index contributed by atoms with van der Waals surface area (Å²) in [5.74, 6) is 1.50. The van der Waals surface area contributed by atoms with Crippen LogP contribution in [0.25, 0.3) is 16.9 Å². The van der Waals surface area contributed by atoms with E-state index < -0.39 is 0 Å². The van der Waals surface area contributed by atoms with Crippen LogP contribution in [0, 0.1) is 6.92 Å². The minimum atomic E-state index is 0.000220. The van der Waals surface area contributed by atoms with E-state index in [4.69, 9.17) is 14.5 Å². The van der Waals surface area contributed by atoms with Crippen LogP contribution < -0.4 is 9.47 Å². The molecule has 2 aromatic heterocycles. The number of aliphatic hydroxyl groups is 1. The molecule has 0 saturated heterocycles. The van der Waals surface area contributed by atoms with Crippen LogP contribution >= 0.6 is 0 Å². The van der Waals surface area contributed by atoms with Crippen LogP contribution in [0.5, 0.6) is 11.5 Å². The maximum atomic E-state index is 9.27. The summed E-state index contributed by atoms with van der Waals surface area (Å²) in [5.41, 5.74) is 4.36. The molecular weight excluding hydrogens is 280 g/mol. The first-order valence-corrected chi connectivity index (χ1v) is 6.98. The second-order valence-electron chi connectivity index (χ2n) is 5.03. The van der Waals surface area contributed by atoms with Crippen molar-refractivity contribution >= 4 is 5.65 Å².